The van der Waals surface area contributed by atoms with Crippen molar-refractivity contribution in [3.8, 4) is 0 Å². The van der Waals surface area contributed by atoms with Crippen LogP contribution in [0.5, 0.6) is 0 Å². The van der Waals surface area contributed by atoms with Crippen molar-refractivity contribution in [3.63, 3.8) is 0 Å². The van der Waals surface area contributed by atoms with Crippen LogP contribution in [-0.4, -0.2) is 54.5 Å². The van der Waals surface area contributed by atoms with Gasteiger partial charge in [-0.3, -0.25) is 4.79 Å². The van der Waals surface area contributed by atoms with Crippen LogP contribution >= 0.6 is 0 Å². The number of carbonyl (C=O) groups is 2. The van der Waals surface area contributed by atoms with Crippen LogP contribution in [0.1, 0.15) is 12.8 Å². The van der Waals surface area contributed by atoms with Gasteiger partial charge in [-0.1, -0.05) is 0 Å². The minimum atomic E-state index is -0.222. The van der Waals surface area contributed by atoms with Gasteiger partial charge in [-0.2, -0.15) is 0 Å². The van der Waals surface area contributed by atoms with E-state index in [2.05, 4.69) is 5.32 Å². The number of carbonyl (C=O) groups excluding carboxylic acids is 2. The topological polar surface area (TPSA) is 52.6 Å². The van der Waals surface area contributed by atoms with E-state index in [1.165, 1.54) is 0 Å². The van der Waals surface area contributed by atoms with Gasteiger partial charge in [0.05, 0.1) is 0 Å². The summed E-state index contributed by atoms with van der Waals surface area (Å²) in [6, 6.07) is -0.315. The second kappa shape index (κ2) is 3.48. The summed E-state index contributed by atoms with van der Waals surface area (Å²) in [5.41, 5.74) is 0. The van der Waals surface area contributed by atoms with Crippen LogP contribution in [0.2, 0.25) is 0 Å². The lowest BCUT2D eigenvalue weighted by atomic mass is 10.2. The Balaban J connectivity index is 2.07. The zero-order chi connectivity index (χ0) is 10.1. The largest absolute Gasteiger partial charge is 0.344 e. The molecule has 0 radical (unpaired) electrons. The average Bonchev–Trinajstić information content (AvgIpc) is 2.49. The number of nitrogens with zero attached hydrogens (tertiary/aromatic N) is 2. The van der Waals surface area contributed by atoms with Gasteiger partial charge < -0.3 is 15.1 Å². The zero-order valence-corrected chi connectivity index (χ0v) is 8.32. The fourth-order valence-corrected chi connectivity index (χ4v) is 2.04. The van der Waals surface area contributed by atoms with Gasteiger partial charge >= 0.3 is 6.03 Å². The maximum Gasteiger partial charge on any atom is 0.318 e. The van der Waals surface area contributed by atoms with Gasteiger partial charge in [-0.25, -0.2) is 4.79 Å². The van der Waals surface area contributed by atoms with E-state index in [0.717, 1.165) is 25.9 Å². The van der Waals surface area contributed by atoms with Crippen molar-refractivity contribution in [1.82, 2.24) is 15.1 Å². The first-order chi connectivity index (χ1) is 6.70. The standard InChI is InChI=1S/C9H15N3O2/c1-11-6-3-7(8(11)13)12-5-2-4-10-9(12)14/h7H,2-6H2,1H3,(H,10,14). The second-order valence-electron chi connectivity index (χ2n) is 3.84. The molecule has 2 rings (SSSR count). The summed E-state index contributed by atoms with van der Waals surface area (Å²) in [4.78, 5) is 26.5. The Kier molecular flexibility index (Phi) is 2.31. The summed E-state index contributed by atoms with van der Waals surface area (Å²) in [6.07, 6.45) is 1.70. The molecule has 0 saturated carbocycles. The van der Waals surface area contributed by atoms with Gasteiger partial charge in [0.2, 0.25) is 5.91 Å². The van der Waals surface area contributed by atoms with Crippen LogP contribution in [0.15, 0.2) is 0 Å². The van der Waals surface area contributed by atoms with Gasteiger partial charge in [-0.15, -0.1) is 0 Å². The third-order valence-corrected chi connectivity index (χ3v) is 2.89. The number of urea groups is 1. The molecule has 1 unspecified atom stereocenters. The summed E-state index contributed by atoms with van der Waals surface area (Å²) in [5, 5.41) is 2.76. The molecule has 78 valence electrons. The zero-order valence-electron chi connectivity index (χ0n) is 8.32. The van der Waals surface area contributed by atoms with E-state index in [0.29, 0.717) is 6.54 Å². The molecule has 2 aliphatic rings. The monoisotopic (exact) mass is 197 g/mol. The summed E-state index contributed by atoms with van der Waals surface area (Å²) in [5.74, 6) is 0.0713. The van der Waals surface area contributed by atoms with E-state index < -0.39 is 0 Å². The van der Waals surface area contributed by atoms with E-state index >= 15 is 0 Å². The molecule has 2 fully saturated rings. The van der Waals surface area contributed by atoms with E-state index in [1.54, 1.807) is 16.8 Å². The fourth-order valence-electron chi connectivity index (χ4n) is 2.04. The van der Waals surface area contributed by atoms with Gasteiger partial charge in [0, 0.05) is 26.7 Å². The summed E-state index contributed by atoms with van der Waals surface area (Å²) in [6.45, 7) is 2.19. The number of amides is 3. The predicted octanol–water partition coefficient (Wildman–Crippen LogP) is -0.368. The van der Waals surface area contributed by atoms with Gasteiger partial charge in [0.1, 0.15) is 6.04 Å². The number of likely N-dealkylation sites (N-methyl/N-ethyl adjacent to an activating group) is 1. The number of hydrogen-bond donors (Lipinski definition) is 1. The molecule has 0 spiro atoms. The molecular weight excluding hydrogens is 182 g/mol. The molecule has 1 N–H and O–H groups in total. The maximum atomic E-state index is 11.7. The van der Waals surface area contributed by atoms with Crippen molar-refractivity contribution in [3.05, 3.63) is 0 Å². The van der Waals surface area contributed by atoms with Gasteiger partial charge in [0.15, 0.2) is 0 Å². The summed E-state index contributed by atoms with van der Waals surface area (Å²) < 4.78 is 0. The Morgan fingerprint density at radius 3 is 2.71 bits per heavy atom. The molecular formula is C9H15N3O2. The molecule has 3 amide bonds. The quantitative estimate of drug-likeness (QED) is 0.623. The van der Waals surface area contributed by atoms with Crippen molar-refractivity contribution in [2.45, 2.75) is 18.9 Å². The molecule has 0 aliphatic carbocycles. The lowest BCUT2D eigenvalue weighted by Gasteiger charge is -2.31. The molecule has 14 heavy (non-hydrogen) atoms. The highest BCUT2D eigenvalue weighted by Crippen LogP contribution is 2.17. The van der Waals surface area contributed by atoms with Crippen LogP contribution in [0, 0.1) is 0 Å². The van der Waals surface area contributed by atoms with Crippen molar-refractivity contribution in [1.29, 1.82) is 0 Å². The first-order valence-corrected chi connectivity index (χ1v) is 4.99. The summed E-state index contributed by atoms with van der Waals surface area (Å²) >= 11 is 0. The van der Waals surface area contributed by atoms with Crippen molar-refractivity contribution in [2.75, 3.05) is 26.7 Å². The highest BCUT2D eigenvalue weighted by atomic mass is 16.2. The molecule has 2 heterocycles. The molecule has 2 aliphatic heterocycles. The minimum absolute atomic E-state index is 0.0713. The first-order valence-electron chi connectivity index (χ1n) is 4.99. The SMILES string of the molecule is CN1CCC(N2CCCNC2=O)C1=O. The van der Waals surface area contributed by atoms with Crippen LogP contribution in [-0.2, 0) is 4.79 Å². The predicted molar refractivity (Wildman–Crippen MR) is 50.8 cm³/mol. The normalized spacial score (nSPS) is 28.2. The van der Waals surface area contributed by atoms with Crippen molar-refractivity contribution >= 4 is 11.9 Å². The highest BCUT2D eigenvalue weighted by molar-refractivity contribution is 5.88. The molecule has 0 aromatic rings. The lowest BCUT2D eigenvalue weighted by Crippen LogP contribution is -2.53. The molecule has 2 saturated heterocycles. The van der Waals surface area contributed by atoms with Crippen LogP contribution in [0.3, 0.4) is 0 Å². The smallest absolute Gasteiger partial charge is 0.318 e. The van der Waals surface area contributed by atoms with Crippen LogP contribution in [0.4, 0.5) is 4.79 Å². The van der Waals surface area contributed by atoms with Crippen LogP contribution < -0.4 is 5.32 Å². The molecule has 5 nitrogen and oxygen atoms in total. The molecule has 0 aromatic heterocycles. The molecule has 0 bridgehead atoms. The molecule has 0 aromatic carbocycles. The van der Waals surface area contributed by atoms with E-state index in [1.807, 2.05) is 0 Å². The second-order valence-corrected chi connectivity index (χ2v) is 3.84. The molecule has 5 heteroatoms. The number of likely N-dealkylation sites (tertiary alicyclic amines) is 1. The third-order valence-electron chi connectivity index (χ3n) is 2.89. The fraction of sp³-hybridized carbons (Fsp3) is 0.778. The average molecular weight is 197 g/mol. The lowest BCUT2D eigenvalue weighted by molar-refractivity contribution is -0.130. The van der Waals surface area contributed by atoms with Gasteiger partial charge in [-0.05, 0) is 12.8 Å². The van der Waals surface area contributed by atoms with Crippen molar-refractivity contribution in [2.24, 2.45) is 0 Å². The Labute approximate surface area is 83.0 Å². The number of hydrogen-bond acceptors (Lipinski definition) is 2. The Morgan fingerprint density at radius 2 is 2.14 bits per heavy atom. The van der Waals surface area contributed by atoms with Crippen LogP contribution in [0.25, 0.3) is 0 Å². The Bertz CT molecular complexity index is 265. The minimum Gasteiger partial charge on any atom is -0.344 e. The number of nitrogens with one attached hydrogen (secondary N) is 1. The number of rotatable bonds is 1. The first kappa shape index (κ1) is 9.30. The van der Waals surface area contributed by atoms with E-state index in [-0.39, 0.29) is 18.0 Å². The van der Waals surface area contributed by atoms with E-state index in [4.69, 9.17) is 0 Å². The molecule has 1 atom stereocenters. The van der Waals surface area contributed by atoms with E-state index in [9.17, 15) is 9.59 Å². The summed E-state index contributed by atoms with van der Waals surface area (Å²) in [7, 11) is 1.78. The van der Waals surface area contributed by atoms with Gasteiger partial charge in [0.25, 0.3) is 0 Å². The Morgan fingerprint density at radius 1 is 1.36 bits per heavy atom. The third kappa shape index (κ3) is 1.42. The highest BCUT2D eigenvalue weighted by Gasteiger charge is 2.37. The van der Waals surface area contributed by atoms with Crippen molar-refractivity contribution < 1.29 is 9.59 Å². The maximum absolute atomic E-state index is 11.7. The Hall–Kier alpha value is -1.26.